The molecule has 1 aromatic carbocycles. The van der Waals surface area contributed by atoms with Gasteiger partial charge in [-0.05, 0) is 49.5 Å². The van der Waals surface area contributed by atoms with Crippen molar-refractivity contribution in [2.45, 2.75) is 25.7 Å². The normalized spacial score (nSPS) is 15.7. The minimum atomic E-state index is 0.0833. The van der Waals surface area contributed by atoms with Crippen LogP contribution in [0.4, 0.5) is 5.69 Å². The molecule has 4 nitrogen and oxygen atoms in total. The van der Waals surface area contributed by atoms with E-state index in [2.05, 4.69) is 16.7 Å². The number of anilines is 1. The van der Waals surface area contributed by atoms with E-state index in [0.29, 0.717) is 18.8 Å². The zero-order valence-corrected chi connectivity index (χ0v) is 11.0. The van der Waals surface area contributed by atoms with Crippen LogP contribution < -0.4 is 10.6 Å². The molecule has 0 unspecified atom stereocenters. The summed E-state index contributed by atoms with van der Waals surface area (Å²) in [7, 11) is 0. The Bertz CT molecular complexity index is 455. The quantitative estimate of drug-likeness (QED) is 0.868. The molecule has 19 heavy (non-hydrogen) atoms. The third-order valence-electron chi connectivity index (χ3n) is 3.45. The van der Waals surface area contributed by atoms with Gasteiger partial charge in [0.15, 0.2) is 0 Å². The molecule has 0 aromatic heterocycles. The van der Waals surface area contributed by atoms with Crippen molar-refractivity contribution in [1.29, 1.82) is 5.26 Å². The van der Waals surface area contributed by atoms with Crippen LogP contribution in [0.3, 0.4) is 0 Å². The second kappa shape index (κ2) is 6.91. The first-order valence-electron chi connectivity index (χ1n) is 6.74. The SMILES string of the molecule is N#CCc1ccc(NC(=O)CC2CCNCC2)cc1. The first-order chi connectivity index (χ1) is 9.28. The van der Waals surface area contributed by atoms with Gasteiger partial charge in [0.1, 0.15) is 0 Å². The van der Waals surface area contributed by atoms with E-state index in [4.69, 9.17) is 5.26 Å². The van der Waals surface area contributed by atoms with Crippen molar-refractivity contribution in [2.75, 3.05) is 18.4 Å². The van der Waals surface area contributed by atoms with E-state index >= 15 is 0 Å². The van der Waals surface area contributed by atoms with Crippen molar-refractivity contribution in [1.82, 2.24) is 5.32 Å². The fraction of sp³-hybridized carbons (Fsp3) is 0.467. The highest BCUT2D eigenvalue weighted by Gasteiger charge is 2.16. The molecule has 4 heteroatoms. The van der Waals surface area contributed by atoms with Crippen LogP contribution in [0.25, 0.3) is 0 Å². The predicted octanol–water partition coefficient (Wildman–Crippen LogP) is 2.08. The summed E-state index contributed by atoms with van der Waals surface area (Å²) >= 11 is 0. The maximum atomic E-state index is 11.9. The van der Waals surface area contributed by atoms with Crippen molar-refractivity contribution < 1.29 is 4.79 Å². The Balaban J connectivity index is 1.82. The van der Waals surface area contributed by atoms with Crippen LogP contribution in [0.5, 0.6) is 0 Å². The zero-order chi connectivity index (χ0) is 13.5. The minimum Gasteiger partial charge on any atom is -0.326 e. The summed E-state index contributed by atoms with van der Waals surface area (Å²) in [5, 5.41) is 14.8. The van der Waals surface area contributed by atoms with Crippen LogP contribution >= 0.6 is 0 Å². The van der Waals surface area contributed by atoms with E-state index in [0.717, 1.165) is 37.2 Å². The van der Waals surface area contributed by atoms with Gasteiger partial charge in [-0.2, -0.15) is 5.26 Å². The smallest absolute Gasteiger partial charge is 0.224 e. The number of rotatable bonds is 4. The number of nitrogens with one attached hydrogen (secondary N) is 2. The van der Waals surface area contributed by atoms with Gasteiger partial charge in [-0.1, -0.05) is 12.1 Å². The number of hydrogen-bond donors (Lipinski definition) is 2. The Morgan fingerprint density at radius 2 is 2.00 bits per heavy atom. The molecule has 0 bridgehead atoms. The lowest BCUT2D eigenvalue weighted by Crippen LogP contribution is -2.30. The molecule has 0 atom stereocenters. The van der Waals surface area contributed by atoms with E-state index in [9.17, 15) is 4.79 Å². The van der Waals surface area contributed by atoms with E-state index in [-0.39, 0.29) is 5.91 Å². The second-order valence-electron chi connectivity index (χ2n) is 4.98. The molecule has 1 aromatic rings. The molecule has 2 rings (SSSR count). The van der Waals surface area contributed by atoms with E-state index < -0.39 is 0 Å². The lowest BCUT2D eigenvalue weighted by molar-refractivity contribution is -0.117. The number of amides is 1. The first kappa shape index (κ1) is 13.6. The van der Waals surface area contributed by atoms with E-state index in [1.807, 2.05) is 24.3 Å². The predicted molar refractivity (Wildman–Crippen MR) is 74.6 cm³/mol. The van der Waals surface area contributed by atoms with Gasteiger partial charge in [-0.3, -0.25) is 4.79 Å². The van der Waals surface area contributed by atoms with Crippen molar-refractivity contribution in [2.24, 2.45) is 5.92 Å². The molecular formula is C15H19N3O. The molecule has 0 spiro atoms. The topological polar surface area (TPSA) is 64.9 Å². The Kier molecular flexibility index (Phi) is 4.93. The molecular weight excluding hydrogens is 238 g/mol. The summed E-state index contributed by atoms with van der Waals surface area (Å²) in [6.07, 6.45) is 3.16. The van der Waals surface area contributed by atoms with Gasteiger partial charge in [0.2, 0.25) is 5.91 Å². The van der Waals surface area contributed by atoms with Crippen LogP contribution in [0, 0.1) is 17.2 Å². The number of hydrogen-bond acceptors (Lipinski definition) is 3. The number of piperidine rings is 1. The van der Waals surface area contributed by atoms with Gasteiger partial charge in [-0.25, -0.2) is 0 Å². The van der Waals surface area contributed by atoms with Crippen molar-refractivity contribution in [3.8, 4) is 6.07 Å². The number of nitriles is 1. The third-order valence-corrected chi connectivity index (χ3v) is 3.45. The third kappa shape index (κ3) is 4.38. The molecule has 1 aliphatic rings. The minimum absolute atomic E-state index is 0.0833. The molecule has 1 heterocycles. The molecule has 0 radical (unpaired) electrons. The zero-order valence-electron chi connectivity index (χ0n) is 11.0. The number of nitrogens with zero attached hydrogens (tertiary/aromatic N) is 1. The molecule has 1 amide bonds. The Labute approximate surface area is 113 Å². The average Bonchev–Trinajstić information content (AvgIpc) is 2.42. The van der Waals surface area contributed by atoms with Crippen LogP contribution in [0.1, 0.15) is 24.8 Å². The van der Waals surface area contributed by atoms with Crippen molar-refractivity contribution >= 4 is 11.6 Å². The molecule has 0 aliphatic carbocycles. The monoisotopic (exact) mass is 257 g/mol. The van der Waals surface area contributed by atoms with E-state index in [1.54, 1.807) is 0 Å². The Morgan fingerprint density at radius 3 is 2.63 bits per heavy atom. The van der Waals surface area contributed by atoms with Gasteiger partial charge in [-0.15, -0.1) is 0 Å². The van der Waals surface area contributed by atoms with Crippen LogP contribution in [0.15, 0.2) is 24.3 Å². The fourth-order valence-corrected chi connectivity index (χ4v) is 2.36. The molecule has 1 saturated heterocycles. The van der Waals surface area contributed by atoms with Crippen LogP contribution in [-0.4, -0.2) is 19.0 Å². The number of carbonyl (C=O) groups is 1. The van der Waals surface area contributed by atoms with Crippen LogP contribution in [0.2, 0.25) is 0 Å². The maximum absolute atomic E-state index is 11.9. The van der Waals surface area contributed by atoms with Crippen LogP contribution in [-0.2, 0) is 11.2 Å². The first-order valence-corrected chi connectivity index (χ1v) is 6.74. The number of benzene rings is 1. The molecule has 1 aliphatic heterocycles. The summed E-state index contributed by atoms with van der Waals surface area (Å²) in [6, 6.07) is 9.57. The highest BCUT2D eigenvalue weighted by molar-refractivity contribution is 5.90. The van der Waals surface area contributed by atoms with Crippen molar-refractivity contribution in [3.63, 3.8) is 0 Å². The standard InChI is InChI=1S/C15H19N3O/c16-8-5-12-1-3-14(4-2-12)18-15(19)11-13-6-9-17-10-7-13/h1-4,13,17H,5-7,9-11H2,(H,18,19). The summed E-state index contributed by atoms with van der Waals surface area (Å²) in [5.74, 6) is 0.582. The summed E-state index contributed by atoms with van der Waals surface area (Å²) in [6.45, 7) is 2.03. The highest BCUT2D eigenvalue weighted by atomic mass is 16.1. The van der Waals surface area contributed by atoms with Gasteiger partial charge in [0, 0.05) is 12.1 Å². The van der Waals surface area contributed by atoms with Gasteiger partial charge in [0.25, 0.3) is 0 Å². The lowest BCUT2D eigenvalue weighted by Gasteiger charge is -2.21. The highest BCUT2D eigenvalue weighted by Crippen LogP contribution is 2.17. The number of carbonyl (C=O) groups excluding carboxylic acids is 1. The second-order valence-corrected chi connectivity index (χ2v) is 4.98. The lowest BCUT2D eigenvalue weighted by atomic mass is 9.94. The van der Waals surface area contributed by atoms with Gasteiger partial charge < -0.3 is 10.6 Å². The summed E-state index contributed by atoms with van der Waals surface area (Å²) < 4.78 is 0. The van der Waals surface area contributed by atoms with Gasteiger partial charge in [0.05, 0.1) is 12.5 Å². The summed E-state index contributed by atoms with van der Waals surface area (Å²) in [4.78, 5) is 11.9. The van der Waals surface area contributed by atoms with E-state index in [1.165, 1.54) is 0 Å². The Morgan fingerprint density at radius 1 is 1.32 bits per heavy atom. The molecule has 0 saturated carbocycles. The average molecular weight is 257 g/mol. The largest absolute Gasteiger partial charge is 0.326 e. The van der Waals surface area contributed by atoms with Gasteiger partial charge >= 0.3 is 0 Å². The summed E-state index contributed by atoms with van der Waals surface area (Å²) in [5.41, 5.74) is 1.78. The maximum Gasteiger partial charge on any atom is 0.224 e. The fourth-order valence-electron chi connectivity index (χ4n) is 2.36. The molecule has 1 fully saturated rings. The van der Waals surface area contributed by atoms with Crippen molar-refractivity contribution in [3.05, 3.63) is 29.8 Å². The molecule has 2 N–H and O–H groups in total. The Hall–Kier alpha value is -1.86. The molecule has 100 valence electrons.